The first-order chi connectivity index (χ1) is 10.2. The van der Waals surface area contributed by atoms with Gasteiger partial charge in [-0.15, -0.1) is 0 Å². The van der Waals surface area contributed by atoms with E-state index in [0.717, 1.165) is 36.6 Å². The second kappa shape index (κ2) is 7.22. The van der Waals surface area contributed by atoms with Crippen molar-refractivity contribution >= 4 is 0 Å². The summed E-state index contributed by atoms with van der Waals surface area (Å²) in [5.74, 6) is 1.91. The summed E-state index contributed by atoms with van der Waals surface area (Å²) in [5.41, 5.74) is 2.36. The molecular weight excluding hydrogens is 264 g/mol. The molecule has 1 heterocycles. The van der Waals surface area contributed by atoms with Crippen LogP contribution in [-0.4, -0.2) is 28.4 Å². The van der Waals surface area contributed by atoms with Crippen molar-refractivity contribution in [2.24, 2.45) is 0 Å². The fourth-order valence-electron chi connectivity index (χ4n) is 2.54. The molecule has 1 aromatic carbocycles. The third-order valence-corrected chi connectivity index (χ3v) is 3.60. The van der Waals surface area contributed by atoms with Gasteiger partial charge in [0.25, 0.3) is 0 Å². The Morgan fingerprint density at radius 2 is 2.14 bits per heavy atom. The van der Waals surface area contributed by atoms with Gasteiger partial charge < -0.3 is 10.1 Å². The minimum atomic E-state index is 0.167. The molecule has 0 aliphatic heterocycles. The maximum atomic E-state index is 5.55. The lowest BCUT2D eigenvalue weighted by Crippen LogP contribution is -2.25. The Kier molecular flexibility index (Phi) is 5.33. The molecular formula is C16H24N4O. The van der Waals surface area contributed by atoms with Crippen LogP contribution in [-0.2, 0) is 13.0 Å². The Bertz CT molecular complexity index is 579. The molecule has 0 fully saturated rings. The molecule has 2 aromatic rings. The zero-order valence-corrected chi connectivity index (χ0v) is 13.3. The van der Waals surface area contributed by atoms with E-state index in [1.54, 1.807) is 13.4 Å². The first kappa shape index (κ1) is 15.5. The summed E-state index contributed by atoms with van der Waals surface area (Å²) in [5, 5.41) is 7.77. The average Bonchev–Trinajstić information content (AvgIpc) is 2.94. The van der Waals surface area contributed by atoms with Crippen molar-refractivity contribution in [1.82, 2.24) is 20.1 Å². The fourth-order valence-corrected chi connectivity index (χ4v) is 2.54. The Morgan fingerprint density at radius 3 is 2.81 bits per heavy atom. The third-order valence-electron chi connectivity index (χ3n) is 3.60. The zero-order chi connectivity index (χ0) is 15.2. The normalized spacial score (nSPS) is 12.4. The number of benzene rings is 1. The average molecular weight is 288 g/mol. The van der Waals surface area contributed by atoms with Gasteiger partial charge in [-0.25, -0.2) is 4.98 Å². The van der Waals surface area contributed by atoms with E-state index in [4.69, 9.17) is 4.74 Å². The van der Waals surface area contributed by atoms with E-state index in [-0.39, 0.29) is 6.04 Å². The highest BCUT2D eigenvalue weighted by Gasteiger charge is 2.18. The molecule has 0 saturated carbocycles. The molecule has 0 bridgehead atoms. The lowest BCUT2D eigenvalue weighted by molar-refractivity contribution is 0.397. The van der Waals surface area contributed by atoms with Crippen LogP contribution >= 0.6 is 0 Å². The first-order valence-electron chi connectivity index (χ1n) is 7.44. The Balaban J connectivity index is 2.30. The third kappa shape index (κ3) is 3.61. The molecule has 0 spiro atoms. The Hall–Kier alpha value is -1.88. The molecule has 0 amide bonds. The lowest BCUT2D eigenvalue weighted by atomic mass is 10.0. The second-order valence-electron chi connectivity index (χ2n) is 5.05. The van der Waals surface area contributed by atoms with E-state index in [2.05, 4.69) is 54.4 Å². The van der Waals surface area contributed by atoms with Crippen molar-refractivity contribution < 1.29 is 4.74 Å². The number of ether oxygens (including phenoxy) is 1. The maximum Gasteiger partial charge on any atom is 0.138 e. The van der Waals surface area contributed by atoms with Crippen LogP contribution < -0.4 is 10.1 Å². The molecule has 1 atom stereocenters. The summed E-state index contributed by atoms with van der Waals surface area (Å²) in [6.45, 7) is 7.98. The number of nitrogens with one attached hydrogen (secondary N) is 1. The minimum absolute atomic E-state index is 0.167. The van der Waals surface area contributed by atoms with E-state index in [1.165, 1.54) is 5.56 Å². The smallest absolute Gasteiger partial charge is 0.138 e. The molecule has 21 heavy (non-hydrogen) atoms. The predicted octanol–water partition coefficient (Wildman–Crippen LogP) is 2.51. The van der Waals surface area contributed by atoms with Crippen molar-refractivity contribution in [2.75, 3.05) is 13.7 Å². The number of hydrogen-bond acceptors (Lipinski definition) is 4. The minimum Gasteiger partial charge on any atom is -0.496 e. The van der Waals surface area contributed by atoms with E-state index >= 15 is 0 Å². The van der Waals surface area contributed by atoms with Gasteiger partial charge in [0, 0.05) is 24.6 Å². The van der Waals surface area contributed by atoms with E-state index in [0.29, 0.717) is 0 Å². The molecule has 1 N–H and O–H groups in total. The number of aryl methyl sites for hydroxylation is 2. The van der Waals surface area contributed by atoms with E-state index < -0.39 is 0 Å². The summed E-state index contributed by atoms with van der Waals surface area (Å²) in [6, 6.07) is 6.49. The van der Waals surface area contributed by atoms with Gasteiger partial charge >= 0.3 is 0 Å². The van der Waals surface area contributed by atoms with Crippen molar-refractivity contribution in [3.63, 3.8) is 0 Å². The molecule has 114 valence electrons. The van der Waals surface area contributed by atoms with Crippen LogP contribution in [0.5, 0.6) is 5.75 Å². The fraction of sp³-hybridized carbons (Fsp3) is 0.500. The standard InChI is InChI=1S/C16H24N4O/c1-5-17-14(10-16-18-11-19-20(16)6-2)13-8-7-12(3)9-15(13)21-4/h7-9,11,14,17H,5-6,10H2,1-4H3. The molecule has 0 saturated heterocycles. The summed E-state index contributed by atoms with van der Waals surface area (Å²) < 4.78 is 7.48. The number of rotatable bonds is 7. The van der Waals surface area contributed by atoms with Crippen LogP contribution in [0.4, 0.5) is 0 Å². The van der Waals surface area contributed by atoms with Crippen LogP contribution in [0.15, 0.2) is 24.5 Å². The molecule has 0 aliphatic carbocycles. The number of methoxy groups -OCH3 is 1. The monoisotopic (exact) mass is 288 g/mol. The molecule has 1 aromatic heterocycles. The molecule has 5 nitrogen and oxygen atoms in total. The van der Waals surface area contributed by atoms with Crippen LogP contribution in [0.3, 0.4) is 0 Å². The maximum absolute atomic E-state index is 5.55. The summed E-state index contributed by atoms with van der Waals surface area (Å²) in [4.78, 5) is 4.38. The highest BCUT2D eigenvalue weighted by atomic mass is 16.5. The van der Waals surface area contributed by atoms with Gasteiger partial charge in [0.05, 0.1) is 7.11 Å². The van der Waals surface area contributed by atoms with Gasteiger partial charge in [0.2, 0.25) is 0 Å². The number of nitrogens with zero attached hydrogens (tertiary/aromatic N) is 3. The quantitative estimate of drug-likeness (QED) is 0.850. The molecule has 5 heteroatoms. The molecule has 2 rings (SSSR count). The van der Waals surface area contributed by atoms with Gasteiger partial charge in [-0.3, -0.25) is 4.68 Å². The first-order valence-corrected chi connectivity index (χ1v) is 7.44. The van der Waals surface area contributed by atoms with Gasteiger partial charge in [-0.1, -0.05) is 19.1 Å². The summed E-state index contributed by atoms with van der Waals surface area (Å²) in [6.07, 6.45) is 2.41. The van der Waals surface area contributed by atoms with Gasteiger partial charge in [0.1, 0.15) is 17.9 Å². The van der Waals surface area contributed by atoms with Crippen molar-refractivity contribution in [3.8, 4) is 5.75 Å². The van der Waals surface area contributed by atoms with E-state index in [1.807, 2.05) is 4.68 Å². The van der Waals surface area contributed by atoms with Gasteiger partial charge in [-0.2, -0.15) is 5.10 Å². The second-order valence-corrected chi connectivity index (χ2v) is 5.05. The van der Waals surface area contributed by atoms with Crippen molar-refractivity contribution in [3.05, 3.63) is 41.5 Å². The molecule has 0 radical (unpaired) electrons. The molecule has 0 aliphatic rings. The Labute approximate surface area is 126 Å². The topological polar surface area (TPSA) is 52.0 Å². The lowest BCUT2D eigenvalue weighted by Gasteiger charge is -2.21. The van der Waals surface area contributed by atoms with E-state index in [9.17, 15) is 0 Å². The Morgan fingerprint density at radius 1 is 1.33 bits per heavy atom. The van der Waals surface area contributed by atoms with Crippen molar-refractivity contribution in [2.45, 2.75) is 39.8 Å². The SMILES string of the molecule is CCNC(Cc1ncnn1CC)c1ccc(C)cc1OC. The summed E-state index contributed by atoms with van der Waals surface area (Å²) >= 11 is 0. The van der Waals surface area contributed by atoms with Crippen LogP contribution in [0.1, 0.15) is 36.8 Å². The molecule has 1 unspecified atom stereocenters. The van der Waals surface area contributed by atoms with Crippen LogP contribution in [0, 0.1) is 6.92 Å². The van der Waals surface area contributed by atoms with Crippen molar-refractivity contribution in [1.29, 1.82) is 0 Å². The number of aromatic nitrogens is 3. The van der Waals surface area contributed by atoms with Crippen LogP contribution in [0.25, 0.3) is 0 Å². The largest absolute Gasteiger partial charge is 0.496 e. The number of hydrogen-bond donors (Lipinski definition) is 1. The highest BCUT2D eigenvalue weighted by Crippen LogP contribution is 2.28. The number of likely N-dealkylation sites (N-methyl/N-ethyl adjacent to an activating group) is 1. The highest BCUT2D eigenvalue weighted by molar-refractivity contribution is 5.39. The van der Waals surface area contributed by atoms with Gasteiger partial charge in [-0.05, 0) is 32.0 Å². The predicted molar refractivity (Wildman–Crippen MR) is 83.5 cm³/mol. The zero-order valence-electron chi connectivity index (χ0n) is 13.3. The van der Waals surface area contributed by atoms with Gasteiger partial charge in [0.15, 0.2) is 0 Å². The van der Waals surface area contributed by atoms with Crippen LogP contribution in [0.2, 0.25) is 0 Å². The summed E-state index contributed by atoms with van der Waals surface area (Å²) in [7, 11) is 1.72.